The van der Waals surface area contributed by atoms with Crippen molar-refractivity contribution in [3.8, 4) is 0 Å². The van der Waals surface area contributed by atoms with E-state index in [4.69, 9.17) is 22.1 Å². The van der Waals surface area contributed by atoms with Crippen LogP contribution in [0.1, 0.15) is 30.5 Å². The number of amides is 3. The number of esters is 1. The van der Waals surface area contributed by atoms with Crippen molar-refractivity contribution >= 4 is 29.5 Å². The van der Waals surface area contributed by atoms with Crippen LogP contribution in [0.25, 0.3) is 0 Å². The Morgan fingerprint density at radius 3 is 2.34 bits per heavy atom. The Bertz CT molecular complexity index is 828. The summed E-state index contributed by atoms with van der Waals surface area (Å²) in [6.07, 6.45) is -0.164. The first kappa shape index (κ1) is 22.2. The van der Waals surface area contributed by atoms with Gasteiger partial charge in [-0.1, -0.05) is 54.1 Å². The molecule has 1 atom stereocenters. The molecule has 0 saturated heterocycles. The number of carbonyl (C=O) groups excluding carboxylic acids is 3. The van der Waals surface area contributed by atoms with Gasteiger partial charge in [0.25, 0.3) is 5.91 Å². The van der Waals surface area contributed by atoms with E-state index < -0.39 is 18.0 Å². The van der Waals surface area contributed by atoms with E-state index in [9.17, 15) is 14.4 Å². The maximum absolute atomic E-state index is 12.4. The first-order chi connectivity index (χ1) is 13.9. The quantitative estimate of drug-likeness (QED) is 0.612. The van der Waals surface area contributed by atoms with Crippen LogP contribution < -0.4 is 11.1 Å². The predicted molar refractivity (Wildman–Crippen MR) is 110 cm³/mol. The molecule has 0 radical (unpaired) electrons. The predicted octanol–water partition coefficient (Wildman–Crippen LogP) is 3.03. The van der Waals surface area contributed by atoms with E-state index in [0.29, 0.717) is 23.7 Å². The summed E-state index contributed by atoms with van der Waals surface area (Å²) < 4.78 is 5.13. The summed E-state index contributed by atoms with van der Waals surface area (Å²) in [4.78, 5) is 37.5. The molecule has 0 saturated carbocycles. The van der Waals surface area contributed by atoms with Gasteiger partial charge < -0.3 is 20.7 Å². The smallest absolute Gasteiger partial charge is 0.312 e. The molecule has 154 valence electrons. The number of rotatable bonds is 9. The fourth-order valence-electron chi connectivity index (χ4n) is 2.76. The van der Waals surface area contributed by atoms with Crippen molar-refractivity contribution in [2.45, 2.75) is 25.9 Å². The Kier molecular flexibility index (Phi) is 8.48. The summed E-state index contributed by atoms with van der Waals surface area (Å²) in [5.74, 6) is -0.918. The van der Waals surface area contributed by atoms with Crippen LogP contribution in [-0.4, -0.2) is 36.0 Å². The molecule has 3 amide bonds. The molecule has 29 heavy (non-hydrogen) atoms. The van der Waals surface area contributed by atoms with E-state index in [0.717, 1.165) is 5.56 Å². The van der Waals surface area contributed by atoms with Gasteiger partial charge in [0.2, 0.25) is 0 Å². The topological polar surface area (TPSA) is 102 Å². The second-order valence-corrected chi connectivity index (χ2v) is 6.81. The van der Waals surface area contributed by atoms with Crippen LogP contribution in [0.3, 0.4) is 0 Å². The maximum Gasteiger partial charge on any atom is 0.312 e. The molecule has 0 aromatic heterocycles. The first-order valence-corrected chi connectivity index (χ1v) is 9.55. The van der Waals surface area contributed by atoms with E-state index in [1.54, 1.807) is 29.2 Å². The number of nitrogens with zero attached hydrogens (tertiary/aromatic N) is 1. The van der Waals surface area contributed by atoms with Gasteiger partial charge in [0.15, 0.2) is 6.61 Å². The van der Waals surface area contributed by atoms with Gasteiger partial charge in [-0.3, -0.25) is 9.59 Å². The average Bonchev–Trinajstić information content (AvgIpc) is 2.70. The molecule has 0 spiro atoms. The average molecular weight is 418 g/mol. The highest BCUT2D eigenvalue weighted by Crippen LogP contribution is 2.20. The third-order valence-electron chi connectivity index (χ3n) is 4.27. The summed E-state index contributed by atoms with van der Waals surface area (Å²) in [7, 11) is 0. The molecule has 0 fully saturated rings. The summed E-state index contributed by atoms with van der Waals surface area (Å²) in [6.45, 7) is 2.41. The van der Waals surface area contributed by atoms with Crippen LogP contribution in [0.2, 0.25) is 5.02 Å². The monoisotopic (exact) mass is 417 g/mol. The summed E-state index contributed by atoms with van der Waals surface area (Å²) in [5, 5.41) is 3.03. The minimum atomic E-state index is -0.770. The van der Waals surface area contributed by atoms with Gasteiger partial charge in [0, 0.05) is 18.1 Å². The third-order valence-corrected chi connectivity index (χ3v) is 4.52. The van der Waals surface area contributed by atoms with Crippen molar-refractivity contribution in [3.63, 3.8) is 0 Å². The molecule has 2 aromatic rings. The molecule has 2 aromatic carbocycles. The molecule has 0 unspecified atom stereocenters. The fraction of sp³-hybridized carbons (Fsp3) is 0.286. The SMILES string of the molecule is CCN(Cc1ccccc1)C(=O)COC(=O)C[C@@H](NC(N)=O)c1ccc(Cl)cc1. The molecule has 0 aliphatic carbocycles. The van der Waals surface area contributed by atoms with E-state index in [-0.39, 0.29) is 18.9 Å². The number of nitrogens with two attached hydrogens (primary N) is 1. The second-order valence-electron chi connectivity index (χ2n) is 6.37. The Hall–Kier alpha value is -3.06. The number of carbonyl (C=O) groups is 3. The van der Waals surface area contributed by atoms with Gasteiger partial charge in [-0.2, -0.15) is 0 Å². The van der Waals surface area contributed by atoms with Crippen molar-refractivity contribution in [1.29, 1.82) is 0 Å². The van der Waals surface area contributed by atoms with E-state index in [2.05, 4.69) is 5.32 Å². The van der Waals surface area contributed by atoms with Gasteiger partial charge in [-0.05, 0) is 30.2 Å². The van der Waals surface area contributed by atoms with Crippen LogP contribution in [0.15, 0.2) is 54.6 Å². The molecule has 0 aliphatic rings. The summed E-state index contributed by atoms with van der Waals surface area (Å²) >= 11 is 5.87. The Morgan fingerprint density at radius 1 is 1.10 bits per heavy atom. The van der Waals surface area contributed by atoms with E-state index in [1.807, 2.05) is 37.3 Å². The van der Waals surface area contributed by atoms with Gasteiger partial charge in [-0.25, -0.2) is 4.79 Å². The molecule has 0 aliphatic heterocycles. The van der Waals surface area contributed by atoms with Gasteiger partial charge in [0.05, 0.1) is 12.5 Å². The zero-order valence-corrected chi connectivity index (χ0v) is 16.9. The molecule has 2 rings (SSSR count). The molecular formula is C21H24ClN3O4. The number of hydrogen-bond donors (Lipinski definition) is 2. The molecule has 8 heteroatoms. The Balaban J connectivity index is 1.92. The Morgan fingerprint density at radius 2 is 1.76 bits per heavy atom. The molecule has 0 heterocycles. The number of benzene rings is 2. The lowest BCUT2D eigenvalue weighted by molar-refractivity contribution is -0.152. The lowest BCUT2D eigenvalue weighted by Crippen LogP contribution is -2.36. The highest BCUT2D eigenvalue weighted by molar-refractivity contribution is 6.30. The largest absolute Gasteiger partial charge is 0.455 e. The van der Waals surface area contributed by atoms with Crippen LogP contribution >= 0.6 is 11.6 Å². The number of hydrogen-bond acceptors (Lipinski definition) is 4. The van der Waals surface area contributed by atoms with Crippen molar-refractivity contribution in [2.24, 2.45) is 5.73 Å². The number of urea groups is 1. The number of nitrogens with one attached hydrogen (secondary N) is 1. The standard InChI is InChI=1S/C21H24ClN3O4/c1-2-25(13-15-6-4-3-5-7-15)19(26)14-29-20(27)12-18(24-21(23)28)16-8-10-17(22)11-9-16/h3-11,18H,2,12-14H2,1H3,(H3,23,24,28)/t18-/m1/s1. The molecule has 0 bridgehead atoms. The number of ether oxygens (including phenoxy) is 1. The Labute approximate surface area is 174 Å². The van der Waals surface area contributed by atoms with E-state index in [1.165, 1.54) is 0 Å². The number of primary amides is 1. The molecule has 7 nitrogen and oxygen atoms in total. The lowest BCUT2D eigenvalue weighted by Gasteiger charge is -2.21. The zero-order chi connectivity index (χ0) is 21.2. The first-order valence-electron chi connectivity index (χ1n) is 9.17. The van der Waals surface area contributed by atoms with Crippen LogP contribution in [0.5, 0.6) is 0 Å². The minimum Gasteiger partial charge on any atom is -0.455 e. The van der Waals surface area contributed by atoms with E-state index >= 15 is 0 Å². The normalized spacial score (nSPS) is 11.4. The van der Waals surface area contributed by atoms with Gasteiger partial charge in [0.1, 0.15) is 0 Å². The third kappa shape index (κ3) is 7.46. The fourth-order valence-corrected chi connectivity index (χ4v) is 2.88. The van der Waals surface area contributed by atoms with Crippen LogP contribution in [-0.2, 0) is 20.9 Å². The van der Waals surface area contributed by atoms with Crippen molar-refractivity contribution < 1.29 is 19.1 Å². The van der Waals surface area contributed by atoms with Crippen molar-refractivity contribution in [1.82, 2.24) is 10.2 Å². The van der Waals surface area contributed by atoms with Crippen molar-refractivity contribution in [3.05, 3.63) is 70.7 Å². The highest BCUT2D eigenvalue weighted by atomic mass is 35.5. The summed E-state index contributed by atoms with van der Waals surface area (Å²) in [5.41, 5.74) is 6.84. The maximum atomic E-state index is 12.4. The van der Waals surface area contributed by atoms with Gasteiger partial charge >= 0.3 is 12.0 Å². The molecular weight excluding hydrogens is 394 g/mol. The van der Waals surface area contributed by atoms with Crippen molar-refractivity contribution in [2.75, 3.05) is 13.2 Å². The second kappa shape index (κ2) is 11.1. The zero-order valence-electron chi connectivity index (χ0n) is 16.1. The lowest BCUT2D eigenvalue weighted by atomic mass is 10.0. The van der Waals surface area contributed by atoms with Crippen LogP contribution in [0.4, 0.5) is 4.79 Å². The molecule has 3 N–H and O–H groups in total. The van der Waals surface area contributed by atoms with Crippen LogP contribution in [0, 0.1) is 0 Å². The summed E-state index contributed by atoms with van der Waals surface area (Å²) in [6, 6.07) is 14.7. The number of likely N-dealkylation sites (N-methyl/N-ethyl adjacent to an activating group) is 1. The highest BCUT2D eigenvalue weighted by Gasteiger charge is 2.20. The minimum absolute atomic E-state index is 0.164. The van der Waals surface area contributed by atoms with Gasteiger partial charge in [-0.15, -0.1) is 0 Å². The number of halogens is 1.